The molecule has 25 heavy (non-hydrogen) atoms. The van der Waals surface area contributed by atoms with Gasteiger partial charge in [0, 0.05) is 39.6 Å². The minimum absolute atomic E-state index is 0.0736. The van der Waals surface area contributed by atoms with Gasteiger partial charge in [-0.25, -0.2) is 0 Å². The van der Waals surface area contributed by atoms with Crippen LogP contribution in [0.25, 0.3) is 0 Å². The van der Waals surface area contributed by atoms with Crippen molar-refractivity contribution < 1.29 is 19.1 Å². The number of rotatable bonds is 7. The summed E-state index contributed by atoms with van der Waals surface area (Å²) in [5.74, 6) is 0.598. The second-order valence-electron chi connectivity index (χ2n) is 6.06. The minimum Gasteiger partial charge on any atom is -0.497 e. The van der Waals surface area contributed by atoms with Crippen LogP contribution in [0.15, 0.2) is 24.3 Å². The third-order valence-electron chi connectivity index (χ3n) is 4.42. The Morgan fingerprint density at radius 1 is 1.16 bits per heavy atom. The average molecular weight is 347 g/mol. The van der Waals surface area contributed by atoms with Crippen LogP contribution in [0.3, 0.4) is 0 Å². The monoisotopic (exact) mass is 347 g/mol. The molecule has 1 heterocycles. The molecule has 3 amide bonds. The van der Waals surface area contributed by atoms with Gasteiger partial charge < -0.3 is 19.4 Å². The van der Waals surface area contributed by atoms with Gasteiger partial charge >= 0.3 is 0 Å². The molecule has 0 unspecified atom stereocenters. The summed E-state index contributed by atoms with van der Waals surface area (Å²) in [6.45, 7) is 4.16. The van der Waals surface area contributed by atoms with Crippen molar-refractivity contribution in [1.82, 2.24) is 14.7 Å². The first-order valence-electron chi connectivity index (χ1n) is 8.39. The third-order valence-corrected chi connectivity index (χ3v) is 4.42. The molecule has 136 valence electrons. The molecule has 0 saturated carbocycles. The van der Waals surface area contributed by atoms with Gasteiger partial charge in [0.1, 0.15) is 5.75 Å². The summed E-state index contributed by atoms with van der Waals surface area (Å²) in [5, 5.41) is 0. The summed E-state index contributed by atoms with van der Waals surface area (Å²) in [6, 6.07) is 7.67. The van der Waals surface area contributed by atoms with E-state index >= 15 is 0 Å². The fraction of sp³-hybridized carbons (Fsp3) is 0.500. The van der Waals surface area contributed by atoms with E-state index in [1.54, 1.807) is 21.8 Å². The van der Waals surface area contributed by atoms with Crippen molar-refractivity contribution in [3.63, 3.8) is 0 Å². The highest BCUT2D eigenvalue weighted by atomic mass is 16.5. The number of methoxy groups -OCH3 is 1. The zero-order valence-corrected chi connectivity index (χ0v) is 14.8. The summed E-state index contributed by atoms with van der Waals surface area (Å²) in [5.41, 5.74) is 1.08. The van der Waals surface area contributed by atoms with Gasteiger partial charge in [0.15, 0.2) is 0 Å². The van der Waals surface area contributed by atoms with Gasteiger partial charge in [-0.05, 0) is 24.1 Å². The molecule has 0 bridgehead atoms. The molecule has 1 aromatic rings. The number of carbonyl (C=O) groups is 3. The summed E-state index contributed by atoms with van der Waals surface area (Å²) < 4.78 is 5.13. The lowest BCUT2D eigenvalue weighted by atomic mass is 10.1. The Hall–Kier alpha value is -2.57. The maximum Gasteiger partial charge on any atom is 0.242 e. The van der Waals surface area contributed by atoms with Crippen LogP contribution in [0.2, 0.25) is 0 Å². The molecular formula is C18H25N3O4. The number of piperazine rings is 1. The molecule has 1 aromatic carbocycles. The lowest BCUT2D eigenvalue weighted by Gasteiger charge is -2.34. The van der Waals surface area contributed by atoms with Gasteiger partial charge in [-0.15, -0.1) is 0 Å². The highest BCUT2D eigenvalue weighted by Crippen LogP contribution is 2.12. The van der Waals surface area contributed by atoms with Crippen molar-refractivity contribution in [2.24, 2.45) is 0 Å². The zero-order valence-electron chi connectivity index (χ0n) is 14.8. The van der Waals surface area contributed by atoms with Crippen LogP contribution in [0.4, 0.5) is 0 Å². The molecule has 1 saturated heterocycles. The summed E-state index contributed by atoms with van der Waals surface area (Å²) >= 11 is 0. The first-order chi connectivity index (χ1) is 12.0. The quantitative estimate of drug-likeness (QED) is 0.669. The SMILES string of the molecule is COc1ccc(CCN(CC(=O)N2CCN(C=O)CC2)C(C)=O)cc1. The van der Waals surface area contributed by atoms with Gasteiger partial charge in [-0.3, -0.25) is 14.4 Å². The largest absolute Gasteiger partial charge is 0.497 e. The average Bonchev–Trinajstić information content (AvgIpc) is 2.65. The topological polar surface area (TPSA) is 70.2 Å². The molecule has 0 atom stereocenters. The lowest BCUT2D eigenvalue weighted by Crippen LogP contribution is -2.51. The standard InChI is InChI=1S/C18H25N3O4/c1-15(23)21(8-7-16-3-5-17(25-2)6-4-16)13-18(24)20-11-9-19(14-22)10-12-20/h3-6,14H,7-13H2,1-2H3. The number of hydrogen-bond donors (Lipinski definition) is 0. The van der Waals surface area contributed by atoms with Crippen molar-refractivity contribution in [2.75, 3.05) is 46.4 Å². The normalized spacial score (nSPS) is 14.2. The van der Waals surface area contributed by atoms with Crippen LogP contribution < -0.4 is 4.74 Å². The van der Waals surface area contributed by atoms with E-state index < -0.39 is 0 Å². The zero-order chi connectivity index (χ0) is 18.2. The van der Waals surface area contributed by atoms with Crippen LogP contribution in [-0.4, -0.2) is 79.3 Å². The molecule has 0 spiro atoms. The molecule has 0 aromatic heterocycles. The Bertz CT molecular complexity index is 595. The van der Waals surface area contributed by atoms with Crippen molar-refractivity contribution in [2.45, 2.75) is 13.3 Å². The molecule has 1 fully saturated rings. The maximum absolute atomic E-state index is 12.4. The van der Waals surface area contributed by atoms with Crippen molar-refractivity contribution in [3.8, 4) is 5.75 Å². The van der Waals surface area contributed by atoms with Gasteiger partial charge in [-0.2, -0.15) is 0 Å². The number of amides is 3. The summed E-state index contributed by atoms with van der Waals surface area (Å²) in [4.78, 5) is 39.9. The van der Waals surface area contributed by atoms with E-state index in [9.17, 15) is 14.4 Å². The number of hydrogen-bond acceptors (Lipinski definition) is 4. The number of ether oxygens (including phenoxy) is 1. The van der Waals surface area contributed by atoms with Crippen LogP contribution in [0, 0.1) is 0 Å². The van der Waals surface area contributed by atoms with E-state index in [2.05, 4.69) is 0 Å². The minimum atomic E-state index is -0.117. The molecule has 7 heteroatoms. The van der Waals surface area contributed by atoms with E-state index in [0.29, 0.717) is 39.1 Å². The molecule has 0 radical (unpaired) electrons. The van der Waals surface area contributed by atoms with E-state index in [1.165, 1.54) is 6.92 Å². The molecule has 1 aliphatic rings. The molecule has 7 nitrogen and oxygen atoms in total. The fourth-order valence-electron chi connectivity index (χ4n) is 2.74. The molecule has 0 aliphatic carbocycles. The number of nitrogens with zero attached hydrogens (tertiary/aromatic N) is 3. The van der Waals surface area contributed by atoms with E-state index in [-0.39, 0.29) is 18.4 Å². The predicted molar refractivity (Wildman–Crippen MR) is 93.2 cm³/mol. The summed E-state index contributed by atoms with van der Waals surface area (Å²) in [6.07, 6.45) is 1.48. The van der Waals surface area contributed by atoms with Gasteiger partial charge in [0.25, 0.3) is 0 Å². The van der Waals surface area contributed by atoms with E-state index in [1.807, 2.05) is 24.3 Å². The highest BCUT2D eigenvalue weighted by Gasteiger charge is 2.22. The number of carbonyl (C=O) groups excluding carboxylic acids is 3. The first kappa shape index (κ1) is 18.8. The van der Waals surface area contributed by atoms with Gasteiger partial charge in [0.2, 0.25) is 18.2 Å². The highest BCUT2D eigenvalue weighted by molar-refractivity contribution is 5.84. The van der Waals surface area contributed by atoms with Crippen molar-refractivity contribution in [1.29, 1.82) is 0 Å². The summed E-state index contributed by atoms with van der Waals surface area (Å²) in [7, 11) is 1.62. The third kappa shape index (κ3) is 5.48. The predicted octanol–water partition coefficient (Wildman–Crippen LogP) is 0.387. The van der Waals surface area contributed by atoms with Crippen LogP contribution in [0.1, 0.15) is 12.5 Å². The fourth-order valence-corrected chi connectivity index (χ4v) is 2.74. The maximum atomic E-state index is 12.4. The Labute approximate surface area is 148 Å². The van der Waals surface area contributed by atoms with Crippen LogP contribution >= 0.6 is 0 Å². The number of benzene rings is 1. The van der Waals surface area contributed by atoms with Gasteiger partial charge in [0.05, 0.1) is 13.7 Å². The van der Waals surface area contributed by atoms with Crippen LogP contribution in [0.5, 0.6) is 5.75 Å². The molecule has 2 rings (SSSR count). The molecule has 1 aliphatic heterocycles. The van der Waals surface area contributed by atoms with E-state index in [0.717, 1.165) is 17.7 Å². The Balaban J connectivity index is 1.86. The van der Waals surface area contributed by atoms with Crippen molar-refractivity contribution in [3.05, 3.63) is 29.8 Å². The van der Waals surface area contributed by atoms with Crippen molar-refractivity contribution >= 4 is 18.2 Å². The Kier molecular flexibility index (Phi) is 6.80. The first-order valence-corrected chi connectivity index (χ1v) is 8.39. The molecule has 0 N–H and O–H groups in total. The second-order valence-corrected chi connectivity index (χ2v) is 6.06. The second kappa shape index (κ2) is 9.05. The lowest BCUT2D eigenvalue weighted by molar-refractivity contribution is -0.141. The Morgan fingerprint density at radius 3 is 2.32 bits per heavy atom. The van der Waals surface area contributed by atoms with Crippen LogP contribution in [-0.2, 0) is 20.8 Å². The van der Waals surface area contributed by atoms with Gasteiger partial charge in [-0.1, -0.05) is 12.1 Å². The smallest absolute Gasteiger partial charge is 0.242 e. The van der Waals surface area contributed by atoms with E-state index in [4.69, 9.17) is 4.74 Å². The molecular weight excluding hydrogens is 322 g/mol. The Morgan fingerprint density at radius 2 is 1.80 bits per heavy atom.